The highest BCUT2D eigenvalue weighted by Gasteiger charge is 2.30. The molecule has 1 aliphatic carbocycles. The summed E-state index contributed by atoms with van der Waals surface area (Å²) in [6, 6.07) is 2.04. The van der Waals surface area contributed by atoms with E-state index in [9.17, 15) is 0 Å². The van der Waals surface area contributed by atoms with Crippen molar-refractivity contribution >= 4 is 6.08 Å². The van der Waals surface area contributed by atoms with Crippen molar-refractivity contribution < 1.29 is 9.47 Å². The molecule has 3 heteroatoms. The number of methoxy groups -OCH3 is 2. The second kappa shape index (κ2) is 3.01. The number of hydrogen-bond acceptors (Lipinski definition) is 2. The lowest BCUT2D eigenvalue weighted by molar-refractivity contribution is -0.169. The standard InChI is InChI=1S/C10H13NO2/c1-12-10(13-2)5-3-8-4-6-11-9(8)7-10/h3-6,11H,7H2,1-2H3. The van der Waals surface area contributed by atoms with Gasteiger partial charge in [0.2, 0.25) is 0 Å². The van der Waals surface area contributed by atoms with Crippen molar-refractivity contribution in [3.05, 3.63) is 29.6 Å². The van der Waals surface area contributed by atoms with Crippen LogP contribution in [0, 0.1) is 0 Å². The van der Waals surface area contributed by atoms with Crippen LogP contribution in [-0.4, -0.2) is 25.0 Å². The predicted molar refractivity (Wildman–Crippen MR) is 50.3 cm³/mol. The first-order valence-electron chi connectivity index (χ1n) is 4.25. The molecule has 0 aliphatic heterocycles. The third-order valence-corrected chi connectivity index (χ3v) is 2.50. The van der Waals surface area contributed by atoms with Crippen molar-refractivity contribution in [3.8, 4) is 0 Å². The van der Waals surface area contributed by atoms with Crippen LogP contribution in [0.5, 0.6) is 0 Å². The van der Waals surface area contributed by atoms with Gasteiger partial charge in [-0.2, -0.15) is 0 Å². The van der Waals surface area contributed by atoms with Crippen LogP contribution < -0.4 is 0 Å². The molecule has 0 saturated heterocycles. The summed E-state index contributed by atoms with van der Waals surface area (Å²) in [5.41, 5.74) is 2.37. The van der Waals surface area contributed by atoms with Crippen LogP contribution in [0.15, 0.2) is 18.3 Å². The second-order valence-electron chi connectivity index (χ2n) is 3.14. The van der Waals surface area contributed by atoms with E-state index < -0.39 is 5.79 Å². The third-order valence-electron chi connectivity index (χ3n) is 2.50. The fourth-order valence-corrected chi connectivity index (χ4v) is 1.61. The molecule has 0 bridgehead atoms. The summed E-state index contributed by atoms with van der Waals surface area (Å²) < 4.78 is 10.7. The summed E-state index contributed by atoms with van der Waals surface area (Å²) in [6.07, 6.45) is 6.63. The summed E-state index contributed by atoms with van der Waals surface area (Å²) in [5, 5.41) is 0. The zero-order valence-electron chi connectivity index (χ0n) is 7.83. The first kappa shape index (κ1) is 8.53. The van der Waals surface area contributed by atoms with Gasteiger partial charge >= 0.3 is 0 Å². The van der Waals surface area contributed by atoms with Crippen LogP contribution in [0.25, 0.3) is 6.08 Å². The monoisotopic (exact) mass is 179 g/mol. The minimum atomic E-state index is -0.585. The van der Waals surface area contributed by atoms with Crippen molar-refractivity contribution in [1.82, 2.24) is 4.98 Å². The molecule has 0 spiro atoms. The molecule has 2 rings (SSSR count). The Bertz CT molecular complexity index is 323. The molecule has 13 heavy (non-hydrogen) atoms. The fraction of sp³-hybridized carbons (Fsp3) is 0.400. The van der Waals surface area contributed by atoms with Crippen LogP contribution in [0.2, 0.25) is 0 Å². The topological polar surface area (TPSA) is 34.2 Å². The molecular weight excluding hydrogens is 166 g/mol. The maximum Gasteiger partial charge on any atom is 0.193 e. The van der Waals surface area contributed by atoms with Gasteiger partial charge in [0.15, 0.2) is 5.79 Å². The van der Waals surface area contributed by atoms with Crippen LogP contribution in [0.3, 0.4) is 0 Å². The largest absolute Gasteiger partial charge is 0.364 e. The Hall–Kier alpha value is -1.06. The molecule has 1 heterocycles. The van der Waals surface area contributed by atoms with Gasteiger partial charge in [0.25, 0.3) is 0 Å². The quantitative estimate of drug-likeness (QED) is 0.699. The number of aromatic nitrogens is 1. The van der Waals surface area contributed by atoms with Crippen LogP contribution in [0.1, 0.15) is 11.3 Å². The Morgan fingerprint density at radius 2 is 2.15 bits per heavy atom. The molecule has 1 aromatic heterocycles. The van der Waals surface area contributed by atoms with Crippen molar-refractivity contribution in [1.29, 1.82) is 0 Å². The van der Waals surface area contributed by atoms with Crippen molar-refractivity contribution in [3.63, 3.8) is 0 Å². The molecule has 0 saturated carbocycles. The summed E-state index contributed by atoms with van der Waals surface area (Å²) in [4.78, 5) is 3.17. The Morgan fingerprint density at radius 3 is 2.85 bits per heavy atom. The summed E-state index contributed by atoms with van der Waals surface area (Å²) in [7, 11) is 3.31. The first-order valence-corrected chi connectivity index (χ1v) is 4.25. The Labute approximate surface area is 77.4 Å². The Morgan fingerprint density at radius 1 is 1.38 bits per heavy atom. The molecule has 70 valence electrons. The lowest BCUT2D eigenvalue weighted by Gasteiger charge is -2.29. The van der Waals surface area contributed by atoms with Crippen molar-refractivity contribution in [2.75, 3.05) is 14.2 Å². The zero-order chi connectivity index (χ0) is 9.31. The van der Waals surface area contributed by atoms with Gasteiger partial charge in [-0.05, 0) is 17.7 Å². The average Bonchev–Trinajstić information content (AvgIpc) is 2.64. The molecule has 0 radical (unpaired) electrons. The summed E-state index contributed by atoms with van der Waals surface area (Å²) in [5.74, 6) is -0.585. The van der Waals surface area contributed by atoms with Gasteiger partial charge in [0.1, 0.15) is 0 Å². The number of hydrogen-bond donors (Lipinski definition) is 1. The highest BCUT2D eigenvalue weighted by Crippen LogP contribution is 2.27. The minimum absolute atomic E-state index is 0.585. The molecule has 1 aromatic rings. The predicted octanol–water partition coefficient (Wildman–Crippen LogP) is 1.57. The molecule has 0 atom stereocenters. The van der Waals surface area contributed by atoms with E-state index in [1.165, 1.54) is 5.56 Å². The molecule has 1 aliphatic rings. The zero-order valence-corrected chi connectivity index (χ0v) is 7.83. The SMILES string of the molecule is COC1(OC)C=Cc2cc[nH]c2C1. The number of aromatic amines is 1. The minimum Gasteiger partial charge on any atom is -0.364 e. The van der Waals surface area contributed by atoms with E-state index >= 15 is 0 Å². The van der Waals surface area contributed by atoms with E-state index in [2.05, 4.69) is 4.98 Å². The second-order valence-corrected chi connectivity index (χ2v) is 3.14. The highest BCUT2D eigenvalue weighted by molar-refractivity contribution is 5.56. The molecule has 0 fully saturated rings. The number of fused-ring (bicyclic) bond motifs is 1. The normalized spacial score (nSPS) is 18.6. The van der Waals surface area contributed by atoms with Gasteiger partial charge in [-0.1, -0.05) is 6.08 Å². The number of H-pyrrole nitrogens is 1. The molecule has 0 amide bonds. The van der Waals surface area contributed by atoms with E-state index in [4.69, 9.17) is 9.47 Å². The van der Waals surface area contributed by atoms with Crippen LogP contribution >= 0.6 is 0 Å². The van der Waals surface area contributed by atoms with E-state index in [1.807, 2.05) is 24.4 Å². The maximum absolute atomic E-state index is 5.33. The summed E-state index contributed by atoms with van der Waals surface area (Å²) in [6.45, 7) is 0. The van der Waals surface area contributed by atoms with Gasteiger partial charge < -0.3 is 14.5 Å². The molecule has 3 nitrogen and oxygen atoms in total. The van der Waals surface area contributed by atoms with E-state index in [0.717, 1.165) is 12.1 Å². The Kier molecular flexibility index (Phi) is 1.98. The van der Waals surface area contributed by atoms with Gasteiger partial charge in [0, 0.05) is 32.5 Å². The maximum atomic E-state index is 5.33. The highest BCUT2D eigenvalue weighted by atomic mass is 16.7. The Balaban J connectivity index is 2.33. The van der Waals surface area contributed by atoms with Crippen molar-refractivity contribution in [2.24, 2.45) is 0 Å². The smallest absolute Gasteiger partial charge is 0.193 e. The number of nitrogens with one attached hydrogen (secondary N) is 1. The molecule has 0 aromatic carbocycles. The fourth-order valence-electron chi connectivity index (χ4n) is 1.61. The van der Waals surface area contributed by atoms with E-state index in [0.29, 0.717) is 0 Å². The molecular formula is C10H13NO2. The van der Waals surface area contributed by atoms with E-state index in [1.54, 1.807) is 14.2 Å². The summed E-state index contributed by atoms with van der Waals surface area (Å²) >= 11 is 0. The first-order chi connectivity index (χ1) is 6.29. The lowest BCUT2D eigenvalue weighted by Crippen LogP contribution is -2.35. The van der Waals surface area contributed by atoms with Gasteiger partial charge in [-0.25, -0.2) is 0 Å². The van der Waals surface area contributed by atoms with Gasteiger partial charge in [-0.15, -0.1) is 0 Å². The molecule has 0 unspecified atom stereocenters. The van der Waals surface area contributed by atoms with Gasteiger partial charge in [-0.3, -0.25) is 0 Å². The molecule has 1 N–H and O–H groups in total. The number of ether oxygens (including phenoxy) is 2. The number of rotatable bonds is 2. The van der Waals surface area contributed by atoms with Crippen LogP contribution in [0.4, 0.5) is 0 Å². The third kappa shape index (κ3) is 1.30. The van der Waals surface area contributed by atoms with Crippen molar-refractivity contribution in [2.45, 2.75) is 12.2 Å². The average molecular weight is 179 g/mol. The van der Waals surface area contributed by atoms with Crippen LogP contribution in [-0.2, 0) is 15.9 Å². The van der Waals surface area contributed by atoms with Gasteiger partial charge in [0.05, 0.1) is 0 Å². The lowest BCUT2D eigenvalue weighted by atomic mass is 10.00. The van der Waals surface area contributed by atoms with E-state index in [-0.39, 0.29) is 0 Å².